The lowest BCUT2D eigenvalue weighted by Gasteiger charge is -2.40. The number of nitrogens with one attached hydrogen (secondary N) is 1. The molecule has 118 valence electrons. The molecule has 1 spiro atoms. The Balaban J connectivity index is 2.20. The van der Waals surface area contributed by atoms with Gasteiger partial charge in [0.2, 0.25) is 5.91 Å². The fourth-order valence-corrected chi connectivity index (χ4v) is 3.61. The predicted molar refractivity (Wildman–Crippen MR) is 78.5 cm³/mol. The molecule has 2 unspecified atom stereocenters. The molecule has 0 radical (unpaired) electrons. The van der Waals surface area contributed by atoms with Gasteiger partial charge in [0, 0.05) is 13.1 Å². The zero-order chi connectivity index (χ0) is 15.6. The van der Waals surface area contributed by atoms with Gasteiger partial charge in [0.05, 0.1) is 0 Å². The molecule has 2 fully saturated rings. The lowest BCUT2D eigenvalue weighted by molar-refractivity contribution is -0.135. The van der Waals surface area contributed by atoms with Crippen molar-refractivity contribution in [2.75, 3.05) is 19.6 Å². The summed E-state index contributed by atoms with van der Waals surface area (Å²) >= 11 is 0. The van der Waals surface area contributed by atoms with Crippen molar-refractivity contribution >= 4 is 17.8 Å². The maximum Gasteiger partial charge on any atom is 0.325 e. The van der Waals surface area contributed by atoms with Gasteiger partial charge >= 0.3 is 6.03 Å². The van der Waals surface area contributed by atoms with Crippen LogP contribution in [0.4, 0.5) is 4.79 Å². The van der Waals surface area contributed by atoms with Crippen LogP contribution in [0.25, 0.3) is 0 Å². The minimum absolute atomic E-state index is 0.00796. The van der Waals surface area contributed by atoms with Crippen LogP contribution in [0.1, 0.15) is 46.5 Å². The number of likely N-dealkylation sites (N-methyl/N-ethyl adjacent to an activating group) is 1. The van der Waals surface area contributed by atoms with Crippen LogP contribution < -0.4 is 5.32 Å². The van der Waals surface area contributed by atoms with Crippen molar-refractivity contribution in [2.24, 2.45) is 5.92 Å². The lowest BCUT2D eigenvalue weighted by Crippen LogP contribution is -2.55. The van der Waals surface area contributed by atoms with Gasteiger partial charge in [0.25, 0.3) is 5.91 Å². The third-order valence-electron chi connectivity index (χ3n) is 4.79. The Bertz CT molecular complexity index is 447. The summed E-state index contributed by atoms with van der Waals surface area (Å²) in [5.41, 5.74) is -0.808. The molecular formula is C15H25N3O3. The van der Waals surface area contributed by atoms with Gasteiger partial charge in [-0.2, -0.15) is 0 Å². The first-order valence-electron chi connectivity index (χ1n) is 7.85. The summed E-state index contributed by atoms with van der Waals surface area (Å²) in [7, 11) is 0. The second-order valence-electron chi connectivity index (χ2n) is 6.14. The SMILES string of the molecule is CCN(CC)C(=O)CN1C(=O)NC(=O)C12CCCC(C)C2. The van der Waals surface area contributed by atoms with Crippen LogP contribution in [0.15, 0.2) is 0 Å². The molecule has 0 aromatic carbocycles. The molecular weight excluding hydrogens is 270 g/mol. The molecule has 6 heteroatoms. The van der Waals surface area contributed by atoms with E-state index < -0.39 is 11.6 Å². The third-order valence-corrected chi connectivity index (χ3v) is 4.79. The molecule has 4 amide bonds. The van der Waals surface area contributed by atoms with E-state index in [0.29, 0.717) is 31.8 Å². The smallest absolute Gasteiger partial charge is 0.325 e. The highest BCUT2D eigenvalue weighted by molar-refractivity contribution is 6.08. The molecule has 1 heterocycles. The van der Waals surface area contributed by atoms with Crippen LogP contribution in [0.5, 0.6) is 0 Å². The standard InChI is InChI=1S/C15H25N3O3/c1-4-17(5-2)12(19)10-18-14(21)16-13(20)15(18)8-6-7-11(3)9-15/h11H,4-10H2,1-3H3,(H,16,20,21). The predicted octanol–water partition coefficient (Wildman–Crippen LogP) is 1.36. The summed E-state index contributed by atoms with van der Waals surface area (Å²) in [6.45, 7) is 7.14. The Hall–Kier alpha value is -1.59. The van der Waals surface area contributed by atoms with E-state index >= 15 is 0 Å². The van der Waals surface area contributed by atoms with Crippen molar-refractivity contribution in [3.05, 3.63) is 0 Å². The number of imide groups is 1. The molecule has 1 aliphatic heterocycles. The fraction of sp³-hybridized carbons (Fsp3) is 0.800. The van der Waals surface area contributed by atoms with E-state index in [0.717, 1.165) is 12.8 Å². The molecule has 6 nitrogen and oxygen atoms in total. The summed E-state index contributed by atoms with van der Waals surface area (Å²) in [4.78, 5) is 39.9. The zero-order valence-electron chi connectivity index (χ0n) is 13.1. The highest BCUT2D eigenvalue weighted by atomic mass is 16.2. The molecule has 2 atom stereocenters. The van der Waals surface area contributed by atoms with E-state index in [4.69, 9.17) is 0 Å². The van der Waals surface area contributed by atoms with Gasteiger partial charge in [-0.3, -0.25) is 14.9 Å². The van der Waals surface area contributed by atoms with E-state index in [1.54, 1.807) is 4.90 Å². The van der Waals surface area contributed by atoms with Crippen molar-refractivity contribution < 1.29 is 14.4 Å². The summed E-state index contributed by atoms with van der Waals surface area (Å²) in [6.07, 6.45) is 3.29. The Morgan fingerprint density at radius 1 is 1.38 bits per heavy atom. The van der Waals surface area contributed by atoms with Crippen LogP contribution in [-0.2, 0) is 9.59 Å². The quantitative estimate of drug-likeness (QED) is 0.796. The van der Waals surface area contributed by atoms with Gasteiger partial charge in [-0.1, -0.05) is 19.8 Å². The van der Waals surface area contributed by atoms with Crippen molar-refractivity contribution in [2.45, 2.75) is 52.0 Å². The number of carbonyl (C=O) groups is 3. The molecule has 1 aliphatic carbocycles. The molecule has 2 aliphatic rings. The second-order valence-corrected chi connectivity index (χ2v) is 6.14. The van der Waals surface area contributed by atoms with E-state index in [2.05, 4.69) is 12.2 Å². The number of carbonyl (C=O) groups excluding carboxylic acids is 3. The van der Waals surface area contributed by atoms with Crippen molar-refractivity contribution in [3.63, 3.8) is 0 Å². The topological polar surface area (TPSA) is 69.7 Å². The van der Waals surface area contributed by atoms with Crippen LogP contribution in [0.2, 0.25) is 0 Å². The molecule has 1 N–H and O–H groups in total. The lowest BCUT2D eigenvalue weighted by atomic mass is 9.75. The van der Waals surface area contributed by atoms with E-state index in [9.17, 15) is 14.4 Å². The highest BCUT2D eigenvalue weighted by Crippen LogP contribution is 2.39. The van der Waals surface area contributed by atoms with Crippen molar-refractivity contribution in [3.8, 4) is 0 Å². The Morgan fingerprint density at radius 3 is 2.62 bits per heavy atom. The Kier molecular flexibility index (Phi) is 4.54. The number of urea groups is 1. The molecule has 1 saturated heterocycles. The molecule has 0 aromatic rings. The van der Waals surface area contributed by atoms with Gasteiger partial charge in [0.1, 0.15) is 12.1 Å². The monoisotopic (exact) mass is 295 g/mol. The van der Waals surface area contributed by atoms with Crippen LogP contribution >= 0.6 is 0 Å². The first-order chi connectivity index (χ1) is 9.94. The van der Waals surface area contributed by atoms with E-state index in [1.807, 2.05) is 13.8 Å². The first-order valence-corrected chi connectivity index (χ1v) is 7.85. The fourth-order valence-electron chi connectivity index (χ4n) is 3.61. The van der Waals surface area contributed by atoms with Crippen LogP contribution in [0, 0.1) is 5.92 Å². The number of amides is 4. The van der Waals surface area contributed by atoms with E-state index in [1.165, 1.54) is 4.90 Å². The molecule has 1 saturated carbocycles. The Morgan fingerprint density at radius 2 is 2.05 bits per heavy atom. The number of rotatable bonds is 4. The maximum atomic E-state index is 12.3. The van der Waals surface area contributed by atoms with Crippen LogP contribution in [-0.4, -0.2) is 52.8 Å². The first kappa shape index (κ1) is 15.8. The molecule has 21 heavy (non-hydrogen) atoms. The average molecular weight is 295 g/mol. The summed E-state index contributed by atoms with van der Waals surface area (Å²) < 4.78 is 0. The van der Waals surface area contributed by atoms with Gasteiger partial charge in [-0.05, 0) is 32.6 Å². The van der Waals surface area contributed by atoms with Crippen LogP contribution in [0.3, 0.4) is 0 Å². The van der Waals surface area contributed by atoms with Gasteiger partial charge in [0.15, 0.2) is 0 Å². The number of nitrogens with zero attached hydrogens (tertiary/aromatic N) is 2. The summed E-state index contributed by atoms with van der Waals surface area (Å²) in [6, 6.07) is -0.422. The largest absolute Gasteiger partial charge is 0.342 e. The Labute approximate surface area is 125 Å². The third kappa shape index (κ3) is 2.76. The van der Waals surface area contributed by atoms with E-state index in [-0.39, 0.29) is 18.4 Å². The molecule has 0 bridgehead atoms. The minimum atomic E-state index is -0.808. The number of hydrogen-bond donors (Lipinski definition) is 1. The minimum Gasteiger partial charge on any atom is -0.342 e. The van der Waals surface area contributed by atoms with Gasteiger partial charge in [-0.15, -0.1) is 0 Å². The normalized spacial score (nSPS) is 28.9. The molecule has 0 aromatic heterocycles. The van der Waals surface area contributed by atoms with Gasteiger partial charge in [-0.25, -0.2) is 4.79 Å². The highest BCUT2D eigenvalue weighted by Gasteiger charge is 2.54. The maximum absolute atomic E-state index is 12.3. The second kappa shape index (κ2) is 6.03. The summed E-state index contributed by atoms with van der Waals surface area (Å²) in [5, 5.41) is 2.41. The number of hydrogen-bond acceptors (Lipinski definition) is 3. The van der Waals surface area contributed by atoms with Crippen molar-refractivity contribution in [1.29, 1.82) is 0 Å². The van der Waals surface area contributed by atoms with Gasteiger partial charge < -0.3 is 9.80 Å². The summed E-state index contributed by atoms with van der Waals surface area (Å²) in [5.74, 6) is 0.0651. The average Bonchev–Trinajstić information content (AvgIpc) is 2.64. The molecule has 2 rings (SSSR count). The zero-order valence-corrected chi connectivity index (χ0v) is 13.1. The van der Waals surface area contributed by atoms with Crippen molar-refractivity contribution in [1.82, 2.24) is 15.1 Å².